The fraction of sp³-hybridized carbons (Fsp3) is 0.167. The van der Waals surface area contributed by atoms with Gasteiger partial charge in [-0.05, 0) is 85.6 Å². The molecule has 6 nitrogen and oxygen atoms in total. The molecule has 0 heterocycles. The Morgan fingerprint density at radius 2 is 1.17 bits per heavy atom. The summed E-state index contributed by atoms with van der Waals surface area (Å²) in [5.41, 5.74) is 2.41. The number of ether oxygens (including phenoxy) is 4. The summed E-state index contributed by atoms with van der Waals surface area (Å²) in [6.45, 7) is 3.77. The third-order valence-electron chi connectivity index (χ3n) is 4.49. The molecule has 0 aliphatic heterocycles. The first-order valence-corrected chi connectivity index (χ1v) is 9.25. The van der Waals surface area contributed by atoms with E-state index in [1.807, 2.05) is 32.0 Å². The average Bonchev–Trinajstić information content (AvgIpc) is 2.75. The minimum absolute atomic E-state index is 0.330. The number of hydrogen-bond acceptors (Lipinski definition) is 6. The van der Waals surface area contributed by atoms with E-state index in [1.165, 1.54) is 31.4 Å². The molecular weight excluding hydrogens is 384 g/mol. The number of carbonyl (C=O) groups excluding carboxylic acids is 2. The molecule has 0 fully saturated rings. The van der Waals surface area contributed by atoms with Crippen LogP contribution in [0.4, 0.5) is 0 Å². The Hall–Kier alpha value is -3.80. The highest BCUT2D eigenvalue weighted by Crippen LogP contribution is 2.30. The number of carbonyl (C=O) groups is 2. The fourth-order valence-corrected chi connectivity index (χ4v) is 2.87. The molecule has 6 heteroatoms. The summed E-state index contributed by atoms with van der Waals surface area (Å²) in [7, 11) is 2.93. The Morgan fingerprint density at radius 3 is 1.63 bits per heavy atom. The number of methoxy groups -OCH3 is 2. The zero-order valence-corrected chi connectivity index (χ0v) is 17.2. The Labute approximate surface area is 175 Å². The molecular formula is C24H22O6. The molecule has 0 spiro atoms. The highest BCUT2D eigenvalue weighted by atomic mass is 16.5. The molecule has 0 radical (unpaired) electrons. The van der Waals surface area contributed by atoms with E-state index in [-0.39, 0.29) is 0 Å². The van der Waals surface area contributed by atoms with Gasteiger partial charge in [0.1, 0.15) is 23.0 Å². The molecule has 0 aliphatic carbocycles. The topological polar surface area (TPSA) is 71.1 Å². The SMILES string of the molecule is COC(=O)c1ccc(C(=O)Oc2ccc(Oc3ccc(OC)c(C)c3)cc2C)cc1. The monoisotopic (exact) mass is 406 g/mol. The molecule has 0 atom stereocenters. The van der Waals surface area contributed by atoms with Crippen molar-refractivity contribution in [1.29, 1.82) is 0 Å². The van der Waals surface area contributed by atoms with E-state index in [0.717, 1.165) is 16.9 Å². The standard InChI is InChI=1S/C24H22O6/c1-15-13-19(9-11-21(15)27-3)29-20-10-12-22(16(2)14-20)30-24(26)18-7-5-17(6-8-18)23(25)28-4/h5-14H,1-4H3. The molecule has 0 saturated heterocycles. The molecule has 0 bridgehead atoms. The second kappa shape index (κ2) is 9.13. The van der Waals surface area contributed by atoms with Gasteiger partial charge in [-0.3, -0.25) is 0 Å². The van der Waals surface area contributed by atoms with Crippen LogP contribution in [0.5, 0.6) is 23.0 Å². The van der Waals surface area contributed by atoms with Gasteiger partial charge in [0.15, 0.2) is 0 Å². The quantitative estimate of drug-likeness (QED) is 0.418. The van der Waals surface area contributed by atoms with Crippen molar-refractivity contribution < 1.29 is 28.5 Å². The molecule has 0 unspecified atom stereocenters. The van der Waals surface area contributed by atoms with E-state index in [9.17, 15) is 9.59 Å². The Kier molecular flexibility index (Phi) is 6.37. The van der Waals surface area contributed by atoms with Gasteiger partial charge in [0.25, 0.3) is 0 Å². The predicted molar refractivity (Wildman–Crippen MR) is 112 cm³/mol. The lowest BCUT2D eigenvalue weighted by Gasteiger charge is -2.12. The molecule has 30 heavy (non-hydrogen) atoms. The van der Waals surface area contributed by atoms with Gasteiger partial charge in [0.2, 0.25) is 0 Å². The van der Waals surface area contributed by atoms with E-state index in [0.29, 0.717) is 28.4 Å². The van der Waals surface area contributed by atoms with Crippen molar-refractivity contribution in [2.45, 2.75) is 13.8 Å². The zero-order valence-electron chi connectivity index (χ0n) is 17.2. The summed E-state index contributed by atoms with van der Waals surface area (Å²) in [6.07, 6.45) is 0. The zero-order chi connectivity index (χ0) is 21.7. The molecule has 0 aromatic heterocycles. The van der Waals surface area contributed by atoms with Crippen LogP contribution in [-0.4, -0.2) is 26.2 Å². The average molecular weight is 406 g/mol. The number of aryl methyl sites for hydroxylation is 2. The van der Waals surface area contributed by atoms with Crippen LogP contribution >= 0.6 is 0 Å². The second-order valence-corrected chi connectivity index (χ2v) is 6.62. The van der Waals surface area contributed by atoms with Gasteiger partial charge in [-0.25, -0.2) is 9.59 Å². The van der Waals surface area contributed by atoms with Crippen molar-refractivity contribution >= 4 is 11.9 Å². The number of esters is 2. The van der Waals surface area contributed by atoms with Crippen LogP contribution in [0.1, 0.15) is 31.8 Å². The molecule has 154 valence electrons. The van der Waals surface area contributed by atoms with Crippen molar-refractivity contribution in [3.05, 3.63) is 82.9 Å². The first-order valence-electron chi connectivity index (χ1n) is 9.25. The third kappa shape index (κ3) is 4.78. The maximum absolute atomic E-state index is 12.4. The lowest BCUT2D eigenvalue weighted by molar-refractivity contribution is 0.0599. The molecule has 0 N–H and O–H groups in total. The molecule has 3 aromatic carbocycles. The minimum atomic E-state index is -0.519. The van der Waals surface area contributed by atoms with Gasteiger partial charge in [-0.1, -0.05) is 0 Å². The van der Waals surface area contributed by atoms with Crippen LogP contribution in [-0.2, 0) is 4.74 Å². The van der Waals surface area contributed by atoms with E-state index in [1.54, 1.807) is 25.3 Å². The van der Waals surface area contributed by atoms with Crippen molar-refractivity contribution in [2.75, 3.05) is 14.2 Å². The van der Waals surface area contributed by atoms with E-state index in [4.69, 9.17) is 14.2 Å². The Morgan fingerprint density at radius 1 is 0.667 bits per heavy atom. The van der Waals surface area contributed by atoms with E-state index < -0.39 is 11.9 Å². The summed E-state index contributed by atoms with van der Waals surface area (Å²) in [6, 6.07) is 16.8. The third-order valence-corrected chi connectivity index (χ3v) is 4.49. The van der Waals surface area contributed by atoms with Gasteiger partial charge < -0.3 is 18.9 Å². The van der Waals surface area contributed by atoms with Gasteiger partial charge >= 0.3 is 11.9 Å². The molecule has 0 saturated carbocycles. The van der Waals surface area contributed by atoms with Gasteiger partial charge in [0.05, 0.1) is 25.3 Å². The van der Waals surface area contributed by atoms with E-state index >= 15 is 0 Å². The van der Waals surface area contributed by atoms with Crippen molar-refractivity contribution in [3.63, 3.8) is 0 Å². The normalized spacial score (nSPS) is 10.3. The summed E-state index contributed by atoms with van der Waals surface area (Å²) >= 11 is 0. The van der Waals surface area contributed by atoms with Crippen molar-refractivity contribution in [1.82, 2.24) is 0 Å². The fourth-order valence-electron chi connectivity index (χ4n) is 2.87. The first-order chi connectivity index (χ1) is 14.4. The number of benzene rings is 3. The Balaban J connectivity index is 1.70. The highest BCUT2D eigenvalue weighted by Gasteiger charge is 2.13. The second-order valence-electron chi connectivity index (χ2n) is 6.62. The molecule has 3 rings (SSSR count). The maximum atomic E-state index is 12.4. The minimum Gasteiger partial charge on any atom is -0.496 e. The van der Waals surface area contributed by atoms with Crippen LogP contribution < -0.4 is 14.2 Å². The summed E-state index contributed by atoms with van der Waals surface area (Å²) in [5, 5.41) is 0. The highest BCUT2D eigenvalue weighted by molar-refractivity contribution is 5.94. The predicted octanol–water partition coefficient (Wildman–Crippen LogP) is 5.11. The van der Waals surface area contributed by atoms with Crippen LogP contribution in [0.25, 0.3) is 0 Å². The van der Waals surface area contributed by atoms with Crippen molar-refractivity contribution in [3.8, 4) is 23.0 Å². The van der Waals surface area contributed by atoms with Gasteiger partial charge in [0, 0.05) is 0 Å². The smallest absolute Gasteiger partial charge is 0.343 e. The number of rotatable bonds is 6. The number of hydrogen-bond donors (Lipinski definition) is 0. The first kappa shape index (κ1) is 20.9. The van der Waals surface area contributed by atoms with Crippen LogP contribution in [0.15, 0.2) is 60.7 Å². The van der Waals surface area contributed by atoms with Crippen LogP contribution in [0.2, 0.25) is 0 Å². The van der Waals surface area contributed by atoms with Gasteiger partial charge in [-0.2, -0.15) is 0 Å². The van der Waals surface area contributed by atoms with Crippen LogP contribution in [0.3, 0.4) is 0 Å². The Bertz CT molecular complexity index is 1070. The molecule has 3 aromatic rings. The largest absolute Gasteiger partial charge is 0.496 e. The van der Waals surface area contributed by atoms with Gasteiger partial charge in [-0.15, -0.1) is 0 Å². The van der Waals surface area contributed by atoms with Crippen LogP contribution in [0, 0.1) is 13.8 Å². The summed E-state index contributed by atoms with van der Waals surface area (Å²) in [4.78, 5) is 23.9. The van der Waals surface area contributed by atoms with E-state index in [2.05, 4.69) is 4.74 Å². The lowest BCUT2D eigenvalue weighted by atomic mass is 10.1. The molecule has 0 aliphatic rings. The summed E-state index contributed by atoms with van der Waals surface area (Å²) < 4.78 is 21.3. The summed E-state index contributed by atoms with van der Waals surface area (Å²) in [5.74, 6) is 1.54. The maximum Gasteiger partial charge on any atom is 0.343 e. The molecule has 0 amide bonds. The van der Waals surface area contributed by atoms with Crippen molar-refractivity contribution in [2.24, 2.45) is 0 Å². The lowest BCUT2D eigenvalue weighted by Crippen LogP contribution is -2.10.